The molecule has 7 heteroatoms. The second kappa shape index (κ2) is 7.45. The molecule has 1 aromatic heterocycles. The van der Waals surface area contributed by atoms with Crippen LogP contribution < -0.4 is 0 Å². The summed E-state index contributed by atoms with van der Waals surface area (Å²) >= 11 is 0. The topological polar surface area (TPSA) is 106 Å². The van der Waals surface area contributed by atoms with E-state index < -0.39 is 52.1 Å². The van der Waals surface area contributed by atoms with Crippen molar-refractivity contribution in [3.63, 3.8) is 0 Å². The standard InChI is InChI=1S/C28H38O7/c1-16(29)34-21-13-19-24(2,3)20(30)8-10-25(19,4)18-7-11-26(5)23(17-9-12-33-15-17)35-22(31)14-28(26,32)27(18,21)6/h8-10,12,15,18-21,23,30,32H,7,11,13-14H2,1-6H3/t18?,19?,20-,21-,23+,25-,26+,27+,28?/m1/s1. The zero-order chi connectivity index (χ0) is 25.6. The molecule has 2 N–H and O–H groups in total. The lowest BCUT2D eigenvalue weighted by atomic mass is 9.34. The van der Waals surface area contributed by atoms with Crippen LogP contribution in [-0.4, -0.2) is 40.0 Å². The summed E-state index contributed by atoms with van der Waals surface area (Å²) in [6.45, 7) is 11.7. The molecule has 3 unspecified atom stereocenters. The van der Waals surface area contributed by atoms with Crippen molar-refractivity contribution in [2.24, 2.45) is 33.5 Å². The predicted molar refractivity (Wildman–Crippen MR) is 127 cm³/mol. The van der Waals surface area contributed by atoms with E-state index in [1.807, 2.05) is 19.9 Å². The number of esters is 2. The highest BCUT2D eigenvalue weighted by Gasteiger charge is 2.77. The lowest BCUT2D eigenvalue weighted by Crippen LogP contribution is -2.76. The van der Waals surface area contributed by atoms with Gasteiger partial charge in [0.25, 0.3) is 0 Å². The first kappa shape index (κ1) is 24.6. The second-order valence-electron chi connectivity index (χ2n) is 12.6. The molecule has 1 aliphatic heterocycles. The Balaban J connectivity index is 1.71. The van der Waals surface area contributed by atoms with Gasteiger partial charge in [0.05, 0.1) is 30.7 Å². The third kappa shape index (κ3) is 2.97. The van der Waals surface area contributed by atoms with E-state index >= 15 is 0 Å². The molecule has 0 bridgehead atoms. The maximum absolute atomic E-state index is 13.1. The summed E-state index contributed by atoms with van der Waals surface area (Å²) in [5.74, 6) is -0.952. The fraction of sp³-hybridized carbons (Fsp3) is 0.714. The van der Waals surface area contributed by atoms with Gasteiger partial charge in [0.2, 0.25) is 0 Å². The molecule has 7 nitrogen and oxygen atoms in total. The van der Waals surface area contributed by atoms with Crippen LogP contribution in [0.5, 0.6) is 0 Å². The van der Waals surface area contributed by atoms with Crippen LogP contribution >= 0.6 is 0 Å². The van der Waals surface area contributed by atoms with E-state index in [0.29, 0.717) is 18.4 Å². The highest BCUT2D eigenvalue weighted by molar-refractivity contribution is 5.73. The summed E-state index contributed by atoms with van der Waals surface area (Å²) < 4.78 is 17.2. The van der Waals surface area contributed by atoms with E-state index in [1.165, 1.54) is 6.92 Å². The summed E-state index contributed by atoms with van der Waals surface area (Å²) in [5.41, 5.74) is -3.34. The van der Waals surface area contributed by atoms with Gasteiger partial charge < -0.3 is 24.1 Å². The number of fused-ring (bicyclic) bond motifs is 5. The molecule has 0 spiro atoms. The Morgan fingerprint density at radius 1 is 1.17 bits per heavy atom. The SMILES string of the molecule is CC(=O)O[C@@H]1CC2C(C)(C)[C@H](O)C=C[C@]2(C)C2CC[C@@]3(C)[C@H](c4ccoc4)OC(=O)CC3(O)[C@@]21C. The lowest BCUT2D eigenvalue weighted by Gasteiger charge is -2.72. The van der Waals surface area contributed by atoms with Gasteiger partial charge in [-0.25, -0.2) is 0 Å². The van der Waals surface area contributed by atoms with E-state index in [1.54, 1.807) is 18.6 Å². The third-order valence-electron chi connectivity index (χ3n) is 10.8. The Morgan fingerprint density at radius 2 is 1.89 bits per heavy atom. The maximum Gasteiger partial charge on any atom is 0.309 e. The quantitative estimate of drug-likeness (QED) is 0.473. The van der Waals surface area contributed by atoms with Crippen molar-refractivity contribution in [2.75, 3.05) is 0 Å². The van der Waals surface area contributed by atoms with Crippen molar-refractivity contribution < 1.29 is 33.7 Å². The Bertz CT molecular complexity index is 1060. The van der Waals surface area contributed by atoms with Crippen molar-refractivity contribution in [3.8, 4) is 0 Å². The van der Waals surface area contributed by atoms with E-state index in [2.05, 4.69) is 26.8 Å². The van der Waals surface area contributed by atoms with Gasteiger partial charge in [-0.05, 0) is 48.0 Å². The van der Waals surface area contributed by atoms with Crippen molar-refractivity contribution in [1.82, 2.24) is 0 Å². The molecule has 2 heterocycles. The molecule has 2 saturated carbocycles. The summed E-state index contributed by atoms with van der Waals surface area (Å²) in [4.78, 5) is 25.4. The fourth-order valence-corrected chi connectivity index (χ4v) is 8.83. The van der Waals surface area contributed by atoms with Gasteiger partial charge in [-0.15, -0.1) is 0 Å². The van der Waals surface area contributed by atoms with Crippen LogP contribution in [0.3, 0.4) is 0 Å². The largest absolute Gasteiger partial charge is 0.472 e. The molecule has 5 rings (SSSR count). The number of furan rings is 1. The van der Waals surface area contributed by atoms with E-state index in [4.69, 9.17) is 13.9 Å². The molecule has 9 atom stereocenters. The number of aliphatic hydroxyl groups is 2. The predicted octanol–water partition coefficient (Wildman–Crippen LogP) is 4.34. The Kier molecular flexibility index (Phi) is 5.23. The summed E-state index contributed by atoms with van der Waals surface area (Å²) in [6.07, 6.45) is 6.89. The van der Waals surface area contributed by atoms with Gasteiger partial charge in [0.15, 0.2) is 0 Å². The Labute approximate surface area is 206 Å². The van der Waals surface area contributed by atoms with E-state index in [9.17, 15) is 19.8 Å². The highest BCUT2D eigenvalue weighted by Crippen LogP contribution is 2.74. The van der Waals surface area contributed by atoms with Crippen LogP contribution in [0.1, 0.15) is 78.9 Å². The summed E-state index contributed by atoms with van der Waals surface area (Å²) in [7, 11) is 0. The number of ether oxygens (including phenoxy) is 2. The molecule has 192 valence electrons. The first-order chi connectivity index (χ1) is 16.2. The average molecular weight is 487 g/mol. The molecule has 35 heavy (non-hydrogen) atoms. The van der Waals surface area contributed by atoms with Gasteiger partial charge in [0, 0.05) is 23.3 Å². The van der Waals surface area contributed by atoms with Crippen LogP contribution in [0.4, 0.5) is 0 Å². The number of carbonyl (C=O) groups is 2. The average Bonchev–Trinajstić information content (AvgIpc) is 3.29. The number of allylic oxidation sites excluding steroid dienone is 1. The normalized spacial score (nSPS) is 48.2. The number of cyclic esters (lactones) is 1. The van der Waals surface area contributed by atoms with Crippen molar-refractivity contribution >= 4 is 11.9 Å². The monoisotopic (exact) mass is 486 g/mol. The molecule has 4 aliphatic rings. The second-order valence-corrected chi connectivity index (χ2v) is 12.6. The Hall–Kier alpha value is -2.12. The number of aliphatic hydroxyl groups excluding tert-OH is 1. The minimum atomic E-state index is -1.50. The number of carbonyl (C=O) groups excluding carboxylic acids is 2. The first-order valence-corrected chi connectivity index (χ1v) is 12.7. The van der Waals surface area contributed by atoms with Crippen molar-refractivity contribution in [2.45, 2.75) is 91.1 Å². The van der Waals surface area contributed by atoms with Gasteiger partial charge in [-0.2, -0.15) is 0 Å². The van der Waals surface area contributed by atoms with Crippen LogP contribution in [0, 0.1) is 33.5 Å². The minimum Gasteiger partial charge on any atom is -0.472 e. The summed E-state index contributed by atoms with van der Waals surface area (Å²) in [5, 5.41) is 23.7. The molecule has 0 aromatic carbocycles. The molecular formula is C28H38O7. The van der Waals surface area contributed by atoms with Crippen LogP contribution in [0.2, 0.25) is 0 Å². The zero-order valence-electron chi connectivity index (χ0n) is 21.5. The van der Waals surface area contributed by atoms with Gasteiger partial charge in [-0.1, -0.05) is 46.8 Å². The van der Waals surface area contributed by atoms with Crippen LogP contribution in [0.15, 0.2) is 35.2 Å². The molecule has 1 aromatic rings. The van der Waals surface area contributed by atoms with Gasteiger partial charge in [-0.3, -0.25) is 9.59 Å². The Morgan fingerprint density at radius 3 is 2.51 bits per heavy atom. The third-order valence-corrected chi connectivity index (χ3v) is 10.8. The molecule has 3 aliphatic carbocycles. The number of rotatable bonds is 2. The van der Waals surface area contributed by atoms with Gasteiger partial charge >= 0.3 is 11.9 Å². The number of hydrogen-bond donors (Lipinski definition) is 2. The highest BCUT2D eigenvalue weighted by atomic mass is 16.6. The molecule has 3 fully saturated rings. The fourth-order valence-electron chi connectivity index (χ4n) is 8.83. The number of hydrogen-bond acceptors (Lipinski definition) is 7. The molecular weight excluding hydrogens is 448 g/mol. The molecule has 0 amide bonds. The van der Waals surface area contributed by atoms with Crippen LogP contribution in [-0.2, 0) is 19.1 Å². The van der Waals surface area contributed by atoms with Crippen molar-refractivity contribution in [3.05, 3.63) is 36.3 Å². The minimum absolute atomic E-state index is 0.0191. The smallest absolute Gasteiger partial charge is 0.309 e. The van der Waals surface area contributed by atoms with Crippen molar-refractivity contribution in [1.29, 1.82) is 0 Å². The van der Waals surface area contributed by atoms with E-state index in [0.717, 1.165) is 6.42 Å². The molecule has 1 saturated heterocycles. The van der Waals surface area contributed by atoms with Crippen LogP contribution in [0.25, 0.3) is 0 Å². The molecule has 0 radical (unpaired) electrons. The first-order valence-electron chi connectivity index (χ1n) is 12.7. The maximum atomic E-state index is 13.1. The van der Waals surface area contributed by atoms with E-state index in [-0.39, 0.29) is 23.7 Å². The lowest BCUT2D eigenvalue weighted by molar-refractivity contribution is -0.326. The zero-order valence-corrected chi connectivity index (χ0v) is 21.5. The van der Waals surface area contributed by atoms with Gasteiger partial charge in [0.1, 0.15) is 12.2 Å². The summed E-state index contributed by atoms with van der Waals surface area (Å²) in [6, 6.07) is 1.78.